The van der Waals surface area contributed by atoms with E-state index in [-0.39, 0.29) is 24.4 Å². The molecule has 1 aliphatic rings. The molecule has 104 valence electrons. The Morgan fingerprint density at radius 1 is 1.42 bits per heavy atom. The second-order valence-electron chi connectivity index (χ2n) is 4.81. The van der Waals surface area contributed by atoms with E-state index in [1.54, 1.807) is 0 Å². The van der Waals surface area contributed by atoms with Crippen LogP contribution in [0.25, 0.3) is 0 Å². The summed E-state index contributed by atoms with van der Waals surface area (Å²) in [6, 6.07) is -0.360. The molecule has 0 radical (unpaired) electrons. The van der Waals surface area contributed by atoms with Crippen LogP contribution in [0.3, 0.4) is 0 Å². The molecule has 1 fully saturated rings. The van der Waals surface area contributed by atoms with Gasteiger partial charge in [-0.05, 0) is 18.3 Å². The molecule has 0 bridgehead atoms. The van der Waals surface area contributed by atoms with Crippen molar-refractivity contribution in [3.63, 3.8) is 0 Å². The number of nitrogens with one attached hydrogen (secondary N) is 2. The molecular weight excluding hydrogens is 252 g/mol. The number of carbonyl (C=O) groups is 2. The van der Waals surface area contributed by atoms with E-state index in [2.05, 4.69) is 25.3 Å². The number of amides is 2. The van der Waals surface area contributed by atoms with Gasteiger partial charge >= 0.3 is 12.0 Å². The molecule has 0 aliphatic heterocycles. The van der Waals surface area contributed by atoms with Gasteiger partial charge in [-0.1, -0.05) is 11.6 Å². The van der Waals surface area contributed by atoms with Gasteiger partial charge in [0.1, 0.15) is 0 Å². The van der Waals surface area contributed by atoms with Gasteiger partial charge in [-0.3, -0.25) is 4.79 Å². The third kappa shape index (κ3) is 3.67. The highest BCUT2D eigenvalue weighted by molar-refractivity contribution is 5.74. The summed E-state index contributed by atoms with van der Waals surface area (Å²) in [5, 5.41) is 17.7. The zero-order valence-electron chi connectivity index (χ0n) is 10.4. The molecular formula is C11H16N4O4. The molecule has 2 amide bonds. The van der Waals surface area contributed by atoms with Crippen molar-refractivity contribution in [2.45, 2.75) is 32.2 Å². The summed E-state index contributed by atoms with van der Waals surface area (Å²) < 4.78 is 4.53. The fraction of sp³-hybridized carbons (Fsp3) is 0.636. The largest absolute Gasteiger partial charge is 0.481 e. The van der Waals surface area contributed by atoms with E-state index in [9.17, 15) is 9.59 Å². The molecule has 8 nitrogen and oxygen atoms in total. The first-order valence-corrected chi connectivity index (χ1v) is 6.08. The van der Waals surface area contributed by atoms with Crippen LogP contribution in [0.4, 0.5) is 4.79 Å². The number of aromatic nitrogens is 2. The average Bonchev–Trinajstić information content (AvgIpc) is 2.82. The molecule has 1 saturated carbocycles. The highest BCUT2D eigenvalue weighted by Gasteiger charge is 2.39. The Kier molecular flexibility index (Phi) is 3.98. The van der Waals surface area contributed by atoms with Crippen molar-refractivity contribution in [2.24, 2.45) is 5.41 Å². The predicted octanol–water partition coefficient (Wildman–Crippen LogP) is 0.514. The highest BCUT2D eigenvalue weighted by atomic mass is 16.5. The maximum Gasteiger partial charge on any atom is 0.315 e. The van der Waals surface area contributed by atoms with Crippen molar-refractivity contribution in [3.8, 4) is 0 Å². The fourth-order valence-electron chi connectivity index (χ4n) is 2.17. The summed E-state index contributed by atoms with van der Waals surface area (Å²) in [5.74, 6) is -0.437. The highest BCUT2D eigenvalue weighted by Crippen LogP contribution is 2.43. The summed E-state index contributed by atoms with van der Waals surface area (Å²) in [6.45, 7) is 0.547. The van der Waals surface area contributed by atoms with Crippen molar-refractivity contribution in [2.75, 3.05) is 6.54 Å². The van der Waals surface area contributed by atoms with Crippen molar-refractivity contribution in [1.82, 2.24) is 20.8 Å². The molecule has 8 heteroatoms. The molecule has 1 aromatic heterocycles. The second-order valence-corrected chi connectivity index (χ2v) is 4.81. The van der Waals surface area contributed by atoms with E-state index < -0.39 is 5.97 Å². The molecule has 1 heterocycles. The minimum atomic E-state index is -0.825. The summed E-state index contributed by atoms with van der Waals surface area (Å²) >= 11 is 0. The Morgan fingerprint density at radius 3 is 2.74 bits per heavy atom. The van der Waals surface area contributed by atoms with Gasteiger partial charge in [0, 0.05) is 6.54 Å². The van der Waals surface area contributed by atoms with Crippen LogP contribution in [0.15, 0.2) is 10.9 Å². The number of nitrogens with zero attached hydrogens (tertiary/aromatic N) is 2. The van der Waals surface area contributed by atoms with Gasteiger partial charge in [-0.15, -0.1) is 0 Å². The lowest BCUT2D eigenvalue weighted by Gasteiger charge is -2.40. The zero-order chi connectivity index (χ0) is 13.7. The number of hydrogen-bond acceptors (Lipinski definition) is 5. The molecule has 1 aliphatic carbocycles. The van der Waals surface area contributed by atoms with Crippen LogP contribution in [0.1, 0.15) is 31.5 Å². The molecule has 19 heavy (non-hydrogen) atoms. The summed E-state index contributed by atoms with van der Waals surface area (Å²) in [4.78, 5) is 26.1. The molecule has 0 aromatic carbocycles. The van der Waals surface area contributed by atoms with Gasteiger partial charge < -0.3 is 20.3 Å². The average molecular weight is 268 g/mol. The van der Waals surface area contributed by atoms with Gasteiger partial charge in [-0.2, -0.15) is 4.98 Å². The maximum absolute atomic E-state index is 11.6. The Labute approximate surface area is 109 Å². The molecule has 0 atom stereocenters. The van der Waals surface area contributed by atoms with Gasteiger partial charge in [0.05, 0.1) is 13.0 Å². The first kappa shape index (κ1) is 13.3. The van der Waals surface area contributed by atoms with E-state index in [1.165, 1.54) is 6.39 Å². The normalized spacial score (nSPS) is 16.4. The third-order valence-corrected chi connectivity index (χ3v) is 3.38. The molecule has 0 unspecified atom stereocenters. The molecule has 1 aromatic rings. The van der Waals surface area contributed by atoms with Crippen LogP contribution < -0.4 is 10.6 Å². The van der Waals surface area contributed by atoms with Crippen molar-refractivity contribution in [1.29, 1.82) is 0 Å². The predicted molar refractivity (Wildman–Crippen MR) is 63.1 cm³/mol. The maximum atomic E-state index is 11.6. The van der Waals surface area contributed by atoms with E-state index >= 15 is 0 Å². The first-order valence-electron chi connectivity index (χ1n) is 6.08. The lowest BCUT2D eigenvalue weighted by molar-refractivity contribution is -0.141. The van der Waals surface area contributed by atoms with E-state index in [4.69, 9.17) is 5.11 Å². The molecule has 0 spiro atoms. The van der Waals surface area contributed by atoms with Crippen LogP contribution in [0.2, 0.25) is 0 Å². The molecule has 3 N–H and O–H groups in total. The Morgan fingerprint density at radius 2 is 2.21 bits per heavy atom. The van der Waals surface area contributed by atoms with Gasteiger partial charge in [0.15, 0.2) is 5.82 Å². The summed E-state index contributed by atoms with van der Waals surface area (Å²) in [7, 11) is 0. The number of carboxylic acid groups (broad SMARTS) is 1. The van der Waals surface area contributed by atoms with Gasteiger partial charge in [0.25, 0.3) is 0 Å². The number of rotatable bonds is 6. The fourth-order valence-corrected chi connectivity index (χ4v) is 2.17. The van der Waals surface area contributed by atoms with Crippen LogP contribution in [0, 0.1) is 5.41 Å². The number of carboxylic acids is 1. The number of hydrogen-bond donors (Lipinski definition) is 3. The minimum absolute atomic E-state index is 0.0954. The van der Waals surface area contributed by atoms with Crippen LogP contribution in [0.5, 0.6) is 0 Å². The monoisotopic (exact) mass is 268 g/mol. The van der Waals surface area contributed by atoms with Crippen LogP contribution in [-0.4, -0.2) is 33.8 Å². The number of urea groups is 1. The lowest BCUT2D eigenvalue weighted by Crippen LogP contribution is -2.46. The zero-order valence-corrected chi connectivity index (χ0v) is 10.4. The quantitative estimate of drug-likeness (QED) is 0.692. The number of aliphatic carboxylic acids is 1. The molecule has 2 rings (SSSR count). The van der Waals surface area contributed by atoms with Gasteiger partial charge in [-0.25, -0.2) is 4.79 Å². The van der Waals surface area contributed by atoms with E-state index in [0.717, 1.165) is 19.3 Å². The topological polar surface area (TPSA) is 117 Å². The lowest BCUT2D eigenvalue weighted by atomic mass is 9.66. The minimum Gasteiger partial charge on any atom is -0.481 e. The van der Waals surface area contributed by atoms with Crippen LogP contribution in [-0.2, 0) is 11.3 Å². The first-order chi connectivity index (χ1) is 9.10. The standard InChI is InChI=1S/C11H16N4O4/c16-9(17)4-11(2-1-3-11)6-13-10(18)12-5-8-14-7-19-15-8/h7H,1-6H2,(H,16,17)(H2,12,13,18). The third-order valence-electron chi connectivity index (χ3n) is 3.38. The Hall–Kier alpha value is -2.12. The van der Waals surface area contributed by atoms with Crippen LogP contribution >= 0.6 is 0 Å². The SMILES string of the molecule is O=C(O)CC1(CNC(=O)NCc2ncon2)CCC1. The van der Waals surface area contributed by atoms with Gasteiger partial charge in [0.2, 0.25) is 6.39 Å². The van der Waals surface area contributed by atoms with E-state index in [0.29, 0.717) is 12.4 Å². The smallest absolute Gasteiger partial charge is 0.315 e. The molecule has 0 saturated heterocycles. The van der Waals surface area contributed by atoms with Crippen molar-refractivity contribution in [3.05, 3.63) is 12.2 Å². The second kappa shape index (κ2) is 5.68. The summed E-state index contributed by atoms with van der Waals surface area (Å²) in [5.41, 5.74) is -0.282. The van der Waals surface area contributed by atoms with E-state index in [1.807, 2.05) is 0 Å². The Balaban J connectivity index is 1.72. The van der Waals surface area contributed by atoms with Crippen molar-refractivity contribution >= 4 is 12.0 Å². The number of carbonyl (C=O) groups excluding carboxylic acids is 1. The summed E-state index contributed by atoms with van der Waals surface area (Å²) in [6.07, 6.45) is 3.97. The Bertz CT molecular complexity index is 442. The van der Waals surface area contributed by atoms with Crippen molar-refractivity contribution < 1.29 is 19.2 Å².